The lowest BCUT2D eigenvalue weighted by atomic mass is 9.85. The van der Waals surface area contributed by atoms with E-state index in [1.165, 1.54) is 12.5 Å². The number of β-lactam (4-membered cyclic amide) rings is 1. The highest BCUT2D eigenvalue weighted by atomic mass is 32.1. The molecule has 1 saturated heterocycles. The lowest BCUT2D eigenvalue weighted by Gasteiger charge is -2.49. The Bertz CT molecular complexity index is 834. The van der Waals surface area contributed by atoms with Gasteiger partial charge in [-0.25, -0.2) is 9.78 Å². The maximum atomic E-state index is 12.5. The minimum Gasteiger partial charge on any atom is -0.477 e. The van der Waals surface area contributed by atoms with Crippen LogP contribution in [0, 0.1) is 0 Å². The van der Waals surface area contributed by atoms with Crippen molar-refractivity contribution in [3.8, 4) is 0 Å². The summed E-state index contributed by atoms with van der Waals surface area (Å²) in [6, 6.07) is -1.65. The molecule has 0 spiro atoms. The third-order valence-electron chi connectivity index (χ3n) is 3.98. The van der Waals surface area contributed by atoms with Gasteiger partial charge in [0.05, 0.1) is 12.1 Å². The highest BCUT2D eigenvalue weighted by Gasteiger charge is 2.53. The molecular weight excluding hydrogens is 366 g/mol. The van der Waals surface area contributed by atoms with Gasteiger partial charge in [0, 0.05) is 11.8 Å². The van der Waals surface area contributed by atoms with E-state index in [-0.39, 0.29) is 28.7 Å². The summed E-state index contributed by atoms with van der Waals surface area (Å²) in [6.07, 6.45) is 0.179. The Morgan fingerprint density at radius 3 is 2.85 bits per heavy atom. The number of thiazole rings is 1. The molecule has 3 atom stereocenters. The van der Waals surface area contributed by atoms with E-state index in [9.17, 15) is 19.5 Å². The Hall–Kier alpha value is -2.99. The Morgan fingerprint density at radius 1 is 1.54 bits per heavy atom. The van der Waals surface area contributed by atoms with Gasteiger partial charge in [-0.3, -0.25) is 14.5 Å². The second-order valence-corrected chi connectivity index (χ2v) is 6.47. The maximum Gasteiger partial charge on any atom is 0.352 e. The molecule has 0 bridgehead atoms. The van der Waals surface area contributed by atoms with Gasteiger partial charge in [-0.1, -0.05) is 5.16 Å². The van der Waals surface area contributed by atoms with Crippen LogP contribution in [0.4, 0.5) is 5.13 Å². The van der Waals surface area contributed by atoms with E-state index < -0.39 is 36.0 Å². The van der Waals surface area contributed by atoms with E-state index in [2.05, 4.69) is 20.3 Å². The predicted molar refractivity (Wildman–Crippen MR) is 89.0 cm³/mol. The maximum absolute atomic E-state index is 12.5. The molecule has 12 heteroatoms. The number of aliphatic carboxylic acids is 1. The third-order valence-corrected chi connectivity index (χ3v) is 4.65. The highest BCUT2D eigenvalue weighted by Crippen LogP contribution is 2.33. The van der Waals surface area contributed by atoms with Crippen LogP contribution in [-0.4, -0.2) is 68.9 Å². The first kappa shape index (κ1) is 17.8. The van der Waals surface area contributed by atoms with Gasteiger partial charge in [-0.05, 0) is 6.08 Å². The molecule has 0 unspecified atom stereocenters. The molecule has 11 nitrogen and oxygen atoms in total. The first-order valence-electron chi connectivity index (χ1n) is 7.43. The van der Waals surface area contributed by atoms with E-state index in [0.717, 1.165) is 22.3 Å². The summed E-state index contributed by atoms with van der Waals surface area (Å²) in [5.41, 5.74) is 5.26. The smallest absolute Gasteiger partial charge is 0.352 e. The van der Waals surface area contributed by atoms with E-state index in [0.29, 0.717) is 0 Å². The normalized spacial score (nSPS) is 25.1. The largest absolute Gasteiger partial charge is 0.477 e. The van der Waals surface area contributed by atoms with Crippen molar-refractivity contribution in [3.05, 3.63) is 22.8 Å². The number of carbonyl (C=O) groups excluding carboxylic acids is 2. The molecule has 0 radical (unpaired) electrons. The minimum atomic E-state index is -1.33. The zero-order valence-electron chi connectivity index (χ0n) is 13.4. The van der Waals surface area contributed by atoms with Crippen molar-refractivity contribution in [1.82, 2.24) is 15.2 Å². The van der Waals surface area contributed by atoms with E-state index >= 15 is 0 Å². The fraction of sp³-hybridized carbons (Fsp3) is 0.357. The number of carbonyl (C=O) groups is 3. The Labute approximate surface area is 150 Å². The molecule has 1 aromatic heterocycles. The number of anilines is 1. The van der Waals surface area contributed by atoms with Crippen molar-refractivity contribution in [2.24, 2.45) is 5.16 Å². The van der Waals surface area contributed by atoms with E-state index in [4.69, 9.17) is 10.8 Å². The van der Waals surface area contributed by atoms with Crippen LogP contribution in [0.2, 0.25) is 0 Å². The van der Waals surface area contributed by atoms with Crippen molar-refractivity contribution in [2.75, 3.05) is 12.8 Å². The number of nitrogens with one attached hydrogen (secondary N) is 1. The fourth-order valence-electron chi connectivity index (χ4n) is 2.90. The van der Waals surface area contributed by atoms with Crippen LogP contribution >= 0.6 is 11.3 Å². The molecule has 1 fully saturated rings. The van der Waals surface area contributed by atoms with Crippen LogP contribution in [0.15, 0.2) is 22.3 Å². The van der Waals surface area contributed by atoms with Gasteiger partial charge in [-0.2, -0.15) is 0 Å². The number of aromatic nitrogens is 1. The number of carboxylic acid groups (broad SMARTS) is 1. The number of carboxylic acids is 1. The van der Waals surface area contributed by atoms with Crippen molar-refractivity contribution >= 4 is 40.0 Å². The van der Waals surface area contributed by atoms with Gasteiger partial charge in [0.15, 0.2) is 10.8 Å². The quantitative estimate of drug-likeness (QED) is 0.272. The fourth-order valence-corrected chi connectivity index (χ4v) is 3.44. The summed E-state index contributed by atoms with van der Waals surface area (Å²) in [7, 11) is 1.25. The topological polar surface area (TPSA) is 167 Å². The lowest BCUT2D eigenvalue weighted by molar-refractivity contribution is -0.156. The summed E-state index contributed by atoms with van der Waals surface area (Å²) in [4.78, 5) is 45.7. The van der Waals surface area contributed by atoms with Gasteiger partial charge in [-0.15, -0.1) is 11.3 Å². The van der Waals surface area contributed by atoms with Crippen LogP contribution in [0.5, 0.6) is 0 Å². The molecule has 138 valence electrons. The Balaban J connectivity index is 1.78. The van der Waals surface area contributed by atoms with Gasteiger partial charge < -0.3 is 26.1 Å². The number of nitrogens with zero attached hydrogens (tertiary/aromatic N) is 3. The standard InChI is InChI=1S/C14H15N5O6S/c1-25-18-9(6-4-26-14(15)16-6)11(21)17-10-7-2-5(20)3-8(13(23)24)19(7)12(10)22/h3-5,7,10,20H,2H2,1H3,(H2,15,16)(H,17,21)(H,23,24)/t5-,7+,10-/m1/s1. The number of oxime groups is 1. The average Bonchev–Trinajstić information content (AvgIpc) is 3.02. The Kier molecular flexibility index (Phi) is 4.61. The summed E-state index contributed by atoms with van der Waals surface area (Å²) in [5.74, 6) is -2.64. The average molecular weight is 381 g/mol. The van der Waals surface area contributed by atoms with Crippen LogP contribution in [0.25, 0.3) is 0 Å². The van der Waals surface area contributed by atoms with Gasteiger partial charge in [0.2, 0.25) is 0 Å². The summed E-state index contributed by atoms with van der Waals surface area (Å²) in [5, 5.41) is 26.8. The number of amides is 2. The van der Waals surface area contributed by atoms with Crippen LogP contribution in [-0.2, 0) is 19.2 Å². The molecule has 0 aliphatic carbocycles. The Morgan fingerprint density at radius 2 is 2.27 bits per heavy atom. The van der Waals surface area contributed by atoms with E-state index in [1.54, 1.807) is 0 Å². The molecular formula is C14H15N5O6S. The minimum absolute atomic E-state index is 0.105. The SMILES string of the molecule is CON=C(C(=O)N[C@H]1C(=O)N2C(C(=O)O)=C[C@H](O)C[C@@H]12)c1csc(N)n1. The first-order chi connectivity index (χ1) is 12.3. The second kappa shape index (κ2) is 6.72. The van der Waals surface area contributed by atoms with Crippen molar-refractivity contribution in [2.45, 2.75) is 24.6 Å². The van der Waals surface area contributed by atoms with Gasteiger partial charge >= 0.3 is 5.97 Å². The molecule has 3 rings (SSSR count). The monoisotopic (exact) mass is 381 g/mol. The van der Waals surface area contributed by atoms with Crippen molar-refractivity contribution in [1.29, 1.82) is 0 Å². The number of nitrogen functional groups attached to an aromatic ring is 1. The second-order valence-electron chi connectivity index (χ2n) is 5.58. The third kappa shape index (κ3) is 2.99. The van der Waals surface area contributed by atoms with Gasteiger partial charge in [0.25, 0.3) is 11.8 Å². The summed E-state index contributed by atoms with van der Waals surface area (Å²) in [6.45, 7) is 0. The zero-order valence-corrected chi connectivity index (χ0v) is 14.3. The zero-order chi connectivity index (χ0) is 19.0. The van der Waals surface area contributed by atoms with E-state index in [1.807, 2.05) is 0 Å². The number of aliphatic hydroxyl groups excluding tert-OH is 1. The molecule has 2 aliphatic rings. The number of hydrogen-bond donors (Lipinski definition) is 4. The number of fused-ring (bicyclic) bond motifs is 1. The van der Waals surface area contributed by atoms with Crippen molar-refractivity contribution < 1.29 is 29.4 Å². The lowest BCUT2D eigenvalue weighted by Crippen LogP contribution is -2.72. The molecule has 26 heavy (non-hydrogen) atoms. The number of nitrogens with two attached hydrogens (primary N) is 1. The molecule has 2 amide bonds. The summed E-state index contributed by atoms with van der Waals surface area (Å²) >= 11 is 1.11. The van der Waals surface area contributed by atoms with Gasteiger partial charge in [0.1, 0.15) is 24.5 Å². The number of aliphatic hydroxyl groups is 1. The highest BCUT2D eigenvalue weighted by molar-refractivity contribution is 7.13. The number of rotatable bonds is 5. The molecule has 0 saturated carbocycles. The molecule has 5 N–H and O–H groups in total. The first-order valence-corrected chi connectivity index (χ1v) is 8.31. The molecule has 1 aromatic rings. The molecule has 2 aliphatic heterocycles. The summed E-state index contributed by atoms with van der Waals surface area (Å²) < 4.78 is 0. The van der Waals surface area contributed by atoms with Crippen LogP contribution in [0.1, 0.15) is 12.1 Å². The van der Waals surface area contributed by atoms with Crippen molar-refractivity contribution in [3.63, 3.8) is 0 Å². The van der Waals surface area contributed by atoms with Crippen LogP contribution in [0.3, 0.4) is 0 Å². The number of hydrogen-bond acceptors (Lipinski definition) is 9. The predicted octanol–water partition coefficient (Wildman–Crippen LogP) is -1.50. The molecule has 0 aromatic carbocycles. The molecule has 3 heterocycles. The van der Waals surface area contributed by atoms with Crippen LogP contribution < -0.4 is 11.1 Å².